The fourth-order valence-corrected chi connectivity index (χ4v) is 6.23. The number of hydrogen-bond donors (Lipinski definition) is 1. The number of hydrogen-bond acceptors (Lipinski definition) is 6. The molecule has 29 heavy (non-hydrogen) atoms. The van der Waals surface area contributed by atoms with Crippen molar-refractivity contribution in [1.29, 1.82) is 0 Å². The lowest BCUT2D eigenvalue weighted by molar-refractivity contribution is -0.151. The van der Waals surface area contributed by atoms with Crippen LogP contribution in [0.15, 0.2) is 30.3 Å². The molecule has 9 heteroatoms. The van der Waals surface area contributed by atoms with Gasteiger partial charge in [-0.3, -0.25) is 9.59 Å². The first-order valence-corrected chi connectivity index (χ1v) is 12.1. The van der Waals surface area contributed by atoms with Crippen molar-refractivity contribution in [2.24, 2.45) is 5.92 Å². The third-order valence-electron chi connectivity index (χ3n) is 5.49. The monoisotopic (exact) mass is 440 g/mol. The average molecular weight is 441 g/mol. The maximum Gasteiger partial charge on any atom is 0.309 e. The van der Waals surface area contributed by atoms with Crippen molar-refractivity contribution < 1.29 is 22.7 Å². The Kier molecular flexibility index (Phi) is 7.23. The minimum Gasteiger partial charge on any atom is -0.466 e. The van der Waals surface area contributed by atoms with Crippen molar-refractivity contribution >= 4 is 34.5 Å². The second-order valence-electron chi connectivity index (χ2n) is 7.57. The number of ether oxygens (including phenoxy) is 1. The molecule has 3 rings (SSSR count). The smallest absolute Gasteiger partial charge is 0.309 e. The third kappa shape index (κ3) is 5.32. The van der Waals surface area contributed by atoms with E-state index < -0.39 is 16.1 Å². The number of benzene rings is 1. The van der Waals surface area contributed by atoms with Crippen LogP contribution in [-0.4, -0.2) is 67.0 Å². The Bertz CT molecular complexity index is 823. The van der Waals surface area contributed by atoms with Crippen molar-refractivity contribution in [1.82, 2.24) is 9.21 Å². The van der Waals surface area contributed by atoms with Crippen molar-refractivity contribution in [2.75, 3.05) is 26.2 Å². The molecular weight excluding hydrogens is 412 g/mol. The lowest BCUT2D eigenvalue weighted by atomic mass is 9.96. The van der Waals surface area contributed by atoms with Crippen LogP contribution < -0.4 is 0 Å². The van der Waals surface area contributed by atoms with Crippen molar-refractivity contribution in [2.45, 2.75) is 43.2 Å². The number of piperidine rings is 1. The van der Waals surface area contributed by atoms with E-state index in [9.17, 15) is 18.0 Å². The molecule has 7 nitrogen and oxygen atoms in total. The van der Waals surface area contributed by atoms with E-state index in [0.717, 1.165) is 0 Å². The SMILES string of the molecule is CCOC(=O)C1CCN(C(=O)C2CC(S)CN2S(=O)(=O)Cc2ccccc2)CC1. The van der Waals surface area contributed by atoms with Gasteiger partial charge in [-0.05, 0) is 31.7 Å². The van der Waals surface area contributed by atoms with Crippen LogP contribution in [0, 0.1) is 5.92 Å². The molecule has 1 amide bonds. The summed E-state index contributed by atoms with van der Waals surface area (Å²) >= 11 is 4.45. The largest absolute Gasteiger partial charge is 0.466 e. The maximum atomic E-state index is 13.1. The van der Waals surface area contributed by atoms with Crippen LogP contribution in [0.2, 0.25) is 0 Å². The quantitative estimate of drug-likeness (QED) is 0.538. The van der Waals surface area contributed by atoms with Gasteiger partial charge in [0.15, 0.2) is 0 Å². The molecule has 2 saturated heterocycles. The minimum atomic E-state index is -3.65. The highest BCUT2D eigenvalue weighted by Gasteiger charge is 2.44. The first-order valence-electron chi connectivity index (χ1n) is 9.98. The summed E-state index contributed by atoms with van der Waals surface area (Å²) in [5.74, 6) is -0.746. The molecule has 0 N–H and O–H groups in total. The molecular formula is C20H28N2O5S2. The number of carbonyl (C=O) groups is 2. The Balaban J connectivity index is 1.67. The van der Waals surface area contributed by atoms with Crippen LogP contribution in [0.4, 0.5) is 0 Å². The van der Waals surface area contributed by atoms with Gasteiger partial charge in [0.25, 0.3) is 0 Å². The predicted molar refractivity (Wildman–Crippen MR) is 113 cm³/mol. The molecule has 2 atom stereocenters. The number of rotatable bonds is 6. The Hall–Kier alpha value is -1.58. The van der Waals surface area contributed by atoms with Gasteiger partial charge in [-0.2, -0.15) is 16.9 Å². The van der Waals surface area contributed by atoms with E-state index >= 15 is 0 Å². The Morgan fingerprint density at radius 1 is 1.17 bits per heavy atom. The number of esters is 1. The first kappa shape index (κ1) is 22.1. The van der Waals surface area contributed by atoms with Gasteiger partial charge in [0.05, 0.1) is 18.3 Å². The van der Waals surface area contributed by atoms with Gasteiger partial charge in [-0.15, -0.1) is 0 Å². The molecule has 2 aliphatic rings. The van der Waals surface area contributed by atoms with Gasteiger partial charge >= 0.3 is 5.97 Å². The Morgan fingerprint density at radius 2 is 1.83 bits per heavy atom. The van der Waals surface area contributed by atoms with E-state index in [1.807, 2.05) is 6.07 Å². The maximum absolute atomic E-state index is 13.1. The number of nitrogens with zero attached hydrogens (tertiary/aromatic N) is 2. The molecule has 160 valence electrons. The zero-order valence-corrected chi connectivity index (χ0v) is 18.3. The Morgan fingerprint density at radius 3 is 2.45 bits per heavy atom. The first-order chi connectivity index (χ1) is 13.8. The van der Waals surface area contributed by atoms with Gasteiger partial charge in [-0.1, -0.05) is 30.3 Å². The molecule has 0 spiro atoms. The fraction of sp³-hybridized carbons (Fsp3) is 0.600. The van der Waals surface area contributed by atoms with Crippen LogP contribution in [-0.2, 0) is 30.1 Å². The summed E-state index contributed by atoms with van der Waals surface area (Å²) < 4.78 is 32.4. The Labute approximate surface area is 177 Å². The number of thiol groups is 1. The molecule has 2 aliphatic heterocycles. The molecule has 2 fully saturated rings. The van der Waals surface area contributed by atoms with Gasteiger partial charge < -0.3 is 9.64 Å². The van der Waals surface area contributed by atoms with E-state index in [-0.39, 0.29) is 35.3 Å². The zero-order valence-electron chi connectivity index (χ0n) is 16.6. The van der Waals surface area contributed by atoms with Gasteiger partial charge in [-0.25, -0.2) is 8.42 Å². The van der Waals surface area contributed by atoms with E-state index in [1.165, 1.54) is 4.31 Å². The lowest BCUT2D eigenvalue weighted by Crippen LogP contribution is -2.50. The number of amides is 1. The van der Waals surface area contributed by atoms with E-state index in [2.05, 4.69) is 12.6 Å². The van der Waals surface area contributed by atoms with Crippen LogP contribution in [0.3, 0.4) is 0 Å². The highest BCUT2D eigenvalue weighted by atomic mass is 32.2. The summed E-state index contributed by atoms with van der Waals surface area (Å²) in [7, 11) is -3.65. The summed E-state index contributed by atoms with van der Waals surface area (Å²) in [6.45, 7) is 3.21. The van der Waals surface area contributed by atoms with Crippen molar-refractivity contribution in [3.05, 3.63) is 35.9 Å². The second-order valence-corrected chi connectivity index (χ2v) is 10.2. The highest BCUT2D eigenvalue weighted by molar-refractivity contribution is 7.88. The summed E-state index contributed by atoms with van der Waals surface area (Å²) in [4.78, 5) is 26.7. The third-order valence-corrected chi connectivity index (χ3v) is 7.68. The molecule has 0 bridgehead atoms. The minimum absolute atomic E-state index is 0.136. The average Bonchev–Trinajstić information content (AvgIpc) is 3.11. The second kappa shape index (κ2) is 9.49. The standard InChI is InChI=1S/C20H28N2O5S2/c1-2-27-20(24)16-8-10-21(11-9-16)19(23)18-12-17(28)13-22(18)29(25,26)14-15-6-4-3-5-7-15/h3-7,16-18,28H,2,8-14H2,1H3. The van der Waals surface area contributed by atoms with Crippen LogP contribution in [0.1, 0.15) is 31.7 Å². The summed E-state index contributed by atoms with van der Waals surface area (Å²) in [6, 6.07) is 8.23. The summed E-state index contributed by atoms with van der Waals surface area (Å²) in [5.41, 5.74) is 0.691. The molecule has 0 radical (unpaired) electrons. The van der Waals surface area contributed by atoms with Gasteiger partial charge in [0, 0.05) is 24.9 Å². The molecule has 2 heterocycles. The topological polar surface area (TPSA) is 84.0 Å². The molecule has 2 unspecified atom stereocenters. The molecule has 1 aromatic rings. The normalized spacial score (nSPS) is 23.9. The van der Waals surface area contributed by atoms with Gasteiger partial charge in [0.2, 0.25) is 15.9 Å². The van der Waals surface area contributed by atoms with E-state index in [1.54, 1.807) is 36.1 Å². The highest BCUT2D eigenvalue weighted by Crippen LogP contribution is 2.29. The van der Waals surface area contributed by atoms with Crippen LogP contribution in [0.25, 0.3) is 0 Å². The fourth-order valence-electron chi connectivity index (χ4n) is 3.99. The number of sulfonamides is 1. The molecule has 0 aliphatic carbocycles. The molecule has 0 aromatic heterocycles. The number of likely N-dealkylation sites (tertiary alicyclic amines) is 1. The molecule has 1 aromatic carbocycles. The molecule has 0 saturated carbocycles. The zero-order chi connectivity index (χ0) is 21.0. The van der Waals surface area contributed by atoms with E-state index in [0.29, 0.717) is 44.5 Å². The van der Waals surface area contributed by atoms with Crippen molar-refractivity contribution in [3.63, 3.8) is 0 Å². The van der Waals surface area contributed by atoms with E-state index in [4.69, 9.17) is 4.74 Å². The summed E-state index contributed by atoms with van der Waals surface area (Å²) in [5, 5.41) is -0.174. The van der Waals surface area contributed by atoms with Crippen molar-refractivity contribution in [3.8, 4) is 0 Å². The summed E-state index contributed by atoms with van der Waals surface area (Å²) in [6.07, 6.45) is 1.48. The van der Waals surface area contributed by atoms with Crippen LogP contribution in [0.5, 0.6) is 0 Å². The number of carbonyl (C=O) groups excluding carboxylic acids is 2. The lowest BCUT2D eigenvalue weighted by Gasteiger charge is -2.34. The van der Waals surface area contributed by atoms with Crippen LogP contribution >= 0.6 is 12.6 Å². The predicted octanol–water partition coefficient (Wildman–Crippen LogP) is 1.69. The van der Waals surface area contributed by atoms with Gasteiger partial charge in [0.1, 0.15) is 6.04 Å².